The molecular formula is C21H20F4. The fourth-order valence-electron chi connectivity index (χ4n) is 3.39. The van der Waals surface area contributed by atoms with Gasteiger partial charge in [0.1, 0.15) is 23.3 Å². The molecule has 4 heteroatoms. The highest BCUT2D eigenvalue weighted by Crippen LogP contribution is 2.33. The van der Waals surface area contributed by atoms with Gasteiger partial charge in [0.15, 0.2) is 0 Å². The topological polar surface area (TPSA) is 0 Å². The number of fused-ring (bicyclic) bond motifs is 1. The molecule has 132 valence electrons. The zero-order chi connectivity index (χ0) is 18.0. The van der Waals surface area contributed by atoms with Crippen LogP contribution in [0.3, 0.4) is 0 Å². The minimum absolute atomic E-state index is 0.0884. The van der Waals surface area contributed by atoms with E-state index in [-0.39, 0.29) is 18.4 Å². The van der Waals surface area contributed by atoms with Gasteiger partial charge in [0.2, 0.25) is 0 Å². The van der Waals surface area contributed by atoms with Crippen LogP contribution in [0.1, 0.15) is 48.4 Å². The molecular weight excluding hydrogens is 328 g/mol. The molecule has 25 heavy (non-hydrogen) atoms. The van der Waals surface area contributed by atoms with Gasteiger partial charge in [-0.3, -0.25) is 0 Å². The molecule has 0 aliphatic heterocycles. The van der Waals surface area contributed by atoms with Gasteiger partial charge in [-0.05, 0) is 66.1 Å². The Balaban J connectivity index is 1.89. The van der Waals surface area contributed by atoms with Crippen molar-refractivity contribution in [2.45, 2.75) is 45.4 Å². The molecule has 0 amide bonds. The Bertz CT molecular complexity index is 798. The third kappa shape index (κ3) is 3.78. The first kappa shape index (κ1) is 17.7. The Hall–Kier alpha value is -2.10. The molecule has 0 nitrogen and oxygen atoms in total. The van der Waals surface area contributed by atoms with Gasteiger partial charge in [-0.1, -0.05) is 25.8 Å². The lowest BCUT2D eigenvalue weighted by Crippen LogP contribution is -2.09. The van der Waals surface area contributed by atoms with E-state index in [1.165, 1.54) is 18.2 Å². The standard InChI is InChI=1S/C21H20F4/c1-2-3-4-5-13-8-19(24)21(20(25)9-13)14-6-7-17-15(10-14)11-16(22)12-18(17)23/h6,8-9,11-12H,2-5,7,10H2,1H3. The van der Waals surface area contributed by atoms with Gasteiger partial charge in [0, 0.05) is 11.6 Å². The zero-order valence-corrected chi connectivity index (χ0v) is 14.1. The smallest absolute Gasteiger partial charge is 0.133 e. The Labute approximate surface area is 145 Å². The Morgan fingerprint density at radius 3 is 2.28 bits per heavy atom. The zero-order valence-electron chi connectivity index (χ0n) is 14.1. The number of hydrogen-bond donors (Lipinski definition) is 0. The average molecular weight is 348 g/mol. The summed E-state index contributed by atoms with van der Waals surface area (Å²) >= 11 is 0. The van der Waals surface area contributed by atoms with Gasteiger partial charge in [0.05, 0.1) is 0 Å². The molecule has 0 fully saturated rings. The van der Waals surface area contributed by atoms with Crippen LogP contribution >= 0.6 is 0 Å². The molecule has 1 aliphatic rings. The Kier molecular flexibility index (Phi) is 5.26. The summed E-state index contributed by atoms with van der Waals surface area (Å²) in [6.07, 6.45) is 5.54. The first-order valence-electron chi connectivity index (χ1n) is 8.63. The summed E-state index contributed by atoms with van der Waals surface area (Å²) in [5.41, 5.74) is 1.83. The summed E-state index contributed by atoms with van der Waals surface area (Å²) in [5.74, 6) is -2.52. The molecule has 0 heterocycles. The summed E-state index contributed by atoms with van der Waals surface area (Å²) in [6, 6.07) is 4.82. The number of halogens is 4. The lowest BCUT2D eigenvalue weighted by molar-refractivity contribution is 0.566. The van der Waals surface area contributed by atoms with Crippen molar-refractivity contribution < 1.29 is 17.6 Å². The van der Waals surface area contributed by atoms with E-state index in [4.69, 9.17) is 0 Å². The van der Waals surface area contributed by atoms with Gasteiger partial charge in [0.25, 0.3) is 0 Å². The molecule has 0 radical (unpaired) electrons. The second-order valence-corrected chi connectivity index (χ2v) is 6.53. The van der Waals surface area contributed by atoms with Crippen LogP contribution in [-0.4, -0.2) is 0 Å². The van der Waals surface area contributed by atoms with Gasteiger partial charge >= 0.3 is 0 Å². The summed E-state index contributed by atoms with van der Waals surface area (Å²) in [6.45, 7) is 2.07. The van der Waals surface area contributed by atoms with Crippen LogP contribution in [0, 0.1) is 23.3 Å². The predicted molar refractivity (Wildman–Crippen MR) is 91.3 cm³/mol. The monoisotopic (exact) mass is 348 g/mol. The third-order valence-electron chi connectivity index (χ3n) is 4.68. The molecule has 3 rings (SSSR count). The highest BCUT2D eigenvalue weighted by Gasteiger charge is 2.22. The van der Waals surface area contributed by atoms with Crippen LogP contribution in [0.4, 0.5) is 17.6 Å². The Morgan fingerprint density at radius 1 is 0.880 bits per heavy atom. The number of aryl methyl sites for hydroxylation is 1. The minimum Gasteiger partial charge on any atom is -0.207 e. The van der Waals surface area contributed by atoms with Gasteiger partial charge in [-0.15, -0.1) is 0 Å². The molecule has 0 saturated carbocycles. The van der Waals surface area contributed by atoms with E-state index in [0.717, 1.165) is 25.3 Å². The minimum atomic E-state index is -0.676. The van der Waals surface area contributed by atoms with Crippen molar-refractivity contribution in [3.8, 4) is 0 Å². The molecule has 1 aliphatic carbocycles. The second-order valence-electron chi connectivity index (χ2n) is 6.53. The molecule has 0 N–H and O–H groups in total. The molecule has 2 aromatic carbocycles. The molecule has 2 aromatic rings. The maximum absolute atomic E-state index is 14.5. The fourth-order valence-corrected chi connectivity index (χ4v) is 3.39. The molecule has 0 unspecified atom stereocenters. The fraction of sp³-hybridized carbons (Fsp3) is 0.333. The second kappa shape index (κ2) is 7.42. The average Bonchev–Trinajstić information content (AvgIpc) is 2.54. The van der Waals surface area contributed by atoms with Crippen LogP contribution in [-0.2, 0) is 19.3 Å². The molecule has 0 aromatic heterocycles. The number of unbranched alkanes of at least 4 members (excludes halogenated alkanes) is 2. The summed E-state index contributed by atoms with van der Waals surface area (Å²) < 4.78 is 56.3. The van der Waals surface area contributed by atoms with E-state index in [1.807, 2.05) is 0 Å². The molecule has 0 bridgehead atoms. The van der Waals surface area contributed by atoms with Gasteiger partial charge < -0.3 is 0 Å². The Morgan fingerprint density at radius 2 is 1.60 bits per heavy atom. The summed E-state index contributed by atoms with van der Waals surface area (Å²) in [4.78, 5) is 0. The van der Waals surface area contributed by atoms with Gasteiger partial charge in [-0.25, -0.2) is 17.6 Å². The van der Waals surface area contributed by atoms with Crippen LogP contribution in [0.2, 0.25) is 0 Å². The van der Waals surface area contributed by atoms with E-state index >= 15 is 0 Å². The lowest BCUT2D eigenvalue weighted by atomic mass is 9.87. The maximum atomic E-state index is 14.5. The van der Waals surface area contributed by atoms with Crippen molar-refractivity contribution in [3.05, 3.63) is 75.9 Å². The summed E-state index contributed by atoms with van der Waals surface area (Å²) in [5, 5.41) is 0. The van der Waals surface area contributed by atoms with E-state index in [1.54, 1.807) is 6.08 Å². The first-order valence-corrected chi connectivity index (χ1v) is 8.63. The molecule has 0 atom stereocenters. The maximum Gasteiger partial charge on any atom is 0.133 e. The lowest BCUT2D eigenvalue weighted by Gasteiger charge is -2.19. The van der Waals surface area contributed by atoms with Crippen LogP contribution in [0.25, 0.3) is 5.57 Å². The largest absolute Gasteiger partial charge is 0.207 e. The van der Waals surface area contributed by atoms with Crippen molar-refractivity contribution >= 4 is 5.57 Å². The van der Waals surface area contributed by atoms with E-state index < -0.39 is 23.3 Å². The predicted octanol–water partition coefficient (Wildman–Crippen LogP) is 6.16. The SMILES string of the molecule is CCCCCc1cc(F)c(C2=CCc3c(F)cc(F)cc3C2)c(F)c1. The third-order valence-corrected chi connectivity index (χ3v) is 4.68. The van der Waals surface area contributed by atoms with Crippen molar-refractivity contribution in [2.75, 3.05) is 0 Å². The van der Waals surface area contributed by atoms with Crippen molar-refractivity contribution in [1.29, 1.82) is 0 Å². The van der Waals surface area contributed by atoms with Crippen molar-refractivity contribution in [3.63, 3.8) is 0 Å². The number of rotatable bonds is 5. The van der Waals surface area contributed by atoms with Crippen LogP contribution in [0.5, 0.6) is 0 Å². The number of hydrogen-bond acceptors (Lipinski definition) is 0. The summed E-state index contributed by atoms with van der Waals surface area (Å²) in [7, 11) is 0. The van der Waals surface area contributed by atoms with Crippen LogP contribution < -0.4 is 0 Å². The molecule has 0 saturated heterocycles. The van der Waals surface area contributed by atoms with Crippen LogP contribution in [0.15, 0.2) is 30.3 Å². The number of benzene rings is 2. The normalized spacial score (nSPS) is 13.6. The van der Waals surface area contributed by atoms with Gasteiger partial charge in [-0.2, -0.15) is 0 Å². The first-order chi connectivity index (χ1) is 12.0. The van der Waals surface area contributed by atoms with E-state index in [2.05, 4.69) is 6.92 Å². The van der Waals surface area contributed by atoms with E-state index in [9.17, 15) is 17.6 Å². The number of allylic oxidation sites excluding steroid dienone is 2. The quantitative estimate of drug-likeness (QED) is 0.448. The van der Waals surface area contributed by atoms with Crippen molar-refractivity contribution in [2.24, 2.45) is 0 Å². The van der Waals surface area contributed by atoms with Crippen molar-refractivity contribution in [1.82, 2.24) is 0 Å². The highest BCUT2D eigenvalue weighted by atomic mass is 19.1. The van der Waals surface area contributed by atoms with E-state index in [0.29, 0.717) is 28.7 Å². The molecule has 0 spiro atoms. The highest BCUT2D eigenvalue weighted by molar-refractivity contribution is 5.71.